The highest BCUT2D eigenvalue weighted by Crippen LogP contribution is 2.18. The quantitative estimate of drug-likeness (QED) is 0.755. The molecule has 0 atom stereocenters. The van der Waals surface area contributed by atoms with Gasteiger partial charge in [-0.2, -0.15) is 5.26 Å². The number of nitrogens with zero attached hydrogens (tertiary/aromatic N) is 1. The number of nitrogens with one attached hydrogen (secondary N) is 1. The first-order valence-electron chi connectivity index (χ1n) is 4.07. The average molecular weight is 209 g/mol. The van der Waals surface area contributed by atoms with E-state index in [4.69, 9.17) is 16.9 Å². The first-order valence-corrected chi connectivity index (χ1v) is 4.45. The number of nitriles is 1. The lowest BCUT2D eigenvalue weighted by atomic mass is 10.1. The molecule has 0 aromatic heterocycles. The Morgan fingerprint density at radius 1 is 1.64 bits per heavy atom. The van der Waals surface area contributed by atoms with Crippen molar-refractivity contribution in [3.63, 3.8) is 0 Å². The van der Waals surface area contributed by atoms with Crippen molar-refractivity contribution < 1.29 is 4.79 Å². The van der Waals surface area contributed by atoms with Crippen molar-refractivity contribution in [2.45, 2.75) is 6.92 Å². The Morgan fingerprint density at radius 3 is 3.00 bits per heavy atom. The second kappa shape index (κ2) is 4.64. The number of hydrogen-bond acceptors (Lipinski definition) is 2. The smallest absolute Gasteiger partial charge is 0.252 e. The molecule has 1 rings (SSSR count). The molecule has 1 aromatic rings. The third-order valence-electron chi connectivity index (χ3n) is 1.84. The summed E-state index contributed by atoms with van der Waals surface area (Å²) in [7, 11) is 0. The summed E-state index contributed by atoms with van der Waals surface area (Å²) in [5.41, 5.74) is 1.23. The van der Waals surface area contributed by atoms with Gasteiger partial charge in [-0.05, 0) is 24.6 Å². The van der Waals surface area contributed by atoms with Gasteiger partial charge in [0.2, 0.25) is 0 Å². The van der Waals surface area contributed by atoms with Crippen LogP contribution >= 0.6 is 11.6 Å². The number of carbonyl (C=O) groups is 1. The van der Waals surface area contributed by atoms with Crippen molar-refractivity contribution in [2.75, 3.05) is 6.54 Å². The Hall–Kier alpha value is -1.53. The number of benzene rings is 1. The van der Waals surface area contributed by atoms with Crippen LogP contribution in [0.25, 0.3) is 0 Å². The topological polar surface area (TPSA) is 52.9 Å². The SMILES string of the molecule is Cc1c(Cl)cccc1C(=O)NCC#N. The first kappa shape index (κ1) is 10.6. The van der Waals surface area contributed by atoms with E-state index in [1.165, 1.54) is 0 Å². The highest BCUT2D eigenvalue weighted by atomic mass is 35.5. The highest BCUT2D eigenvalue weighted by Gasteiger charge is 2.09. The van der Waals surface area contributed by atoms with E-state index >= 15 is 0 Å². The van der Waals surface area contributed by atoms with Gasteiger partial charge < -0.3 is 5.32 Å². The van der Waals surface area contributed by atoms with Gasteiger partial charge in [-0.25, -0.2) is 0 Å². The summed E-state index contributed by atoms with van der Waals surface area (Å²) in [6.45, 7) is 1.77. The minimum absolute atomic E-state index is 0.00475. The molecule has 1 amide bonds. The second-order valence-electron chi connectivity index (χ2n) is 2.75. The summed E-state index contributed by atoms with van der Waals surface area (Å²) >= 11 is 5.85. The van der Waals surface area contributed by atoms with E-state index in [9.17, 15) is 4.79 Å². The van der Waals surface area contributed by atoms with E-state index in [2.05, 4.69) is 5.32 Å². The van der Waals surface area contributed by atoms with E-state index in [0.717, 1.165) is 5.56 Å². The molecule has 0 bridgehead atoms. The molecule has 0 aliphatic heterocycles. The van der Waals surface area contributed by atoms with Gasteiger partial charge in [0.1, 0.15) is 6.54 Å². The molecule has 4 heteroatoms. The molecular formula is C10H9ClN2O. The fraction of sp³-hybridized carbons (Fsp3) is 0.200. The average Bonchev–Trinajstić information content (AvgIpc) is 2.18. The maximum atomic E-state index is 11.5. The van der Waals surface area contributed by atoms with Crippen molar-refractivity contribution in [2.24, 2.45) is 0 Å². The fourth-order valence-corrected chi connectivity index (χ4v) is 1.24. The first-order chi connectivity index (χ1) is 6.66. The van der Waals surface area contributed by atoms with Crippen LogP contribution in [0.3, 0.4) is 0 Å². The lowest BCUT2D eigenvalue weighted by Crippen LogP contribution is -2.24. The highest BCUT2D eigenvalue weighted by molar-refractivity contribution is 6.31. The van der Waals surface area contributed by atoms with Crippen molar-refractivity contribution >= 4 is 17.5 Å². The van der Waals surface area contributed by atoms with Crippen molar-refractivity contribution in [1.82, 2.24) is 5.32 Å². The standard InChI is InChI=1S/C10H9ClN2O/c1-7-8(3-2-4-9(7)11)10(14)13-6-5-12/h2-4H,6H2,1H3,(H,13,14). The number of halogens is 1. The second-order valence-corrected chi connectivity index (χ2v) is 3.16. The summed E-state index contributed by atoms with van der Waals surface area (Å²) in [5, 5.41) is 11.3. The summed E-state index contributed by atoms with van der Waals surface area (Å²) in [6, 6.07) is 6.94. The van der Waals surface area contributed by atoms with E-state index < -0.39 is 0 Å². The number of rotatable bonds is 2. The lowest BCUT2D eigenvalue weighted by Gasteiger charge is -2.05. The Kier molecular flexibility index (Phi) is 3.49. The molecule has 0 saturated carbocycles. The van der Waals surface area contributed by atoms with Crippen LogP contribution in [-0.4, -0.2) is 12.5 Å². The van der Waals surface area contributed by atoms with Gasteiger partial charge in [0.15, 0.2) is 0 Å². The number of amides is 1. The Balaban J connectivity index is 2.91. The van der Waals surface area contributed by atoms with E-state index in [1.807, 2.05) is 6.07 Å². The predicted octanol–water partition coefficient (Wildman–Crippen LogP) is 1.90. The predicted molar refractivity (Wildman–Crippen MR) is 54.1 cm³/mol. The van der Waals surface area contributed by atoms with Crippen LogP contribution in [0.15, 0.2) is 18.2 Å². The summed E-state index contributed by atoms with van der Waals surface area (Å²) < 4.78 is 0. The van der Waals surface area contributed by atoms with Gasteiger partial charge >= 0.3 is 0 Å². The molecular weight excluding hydrogens is 200 g/mol. The van der Waals surface area contributed by atoms with Gasteiger partial charge in [0.25, 0.3) is 5.91 Å². The van der Waals surface area contributed by atoms with Crippen molar-refractivity contribution in [3.05, 3.63) is 34.3 Å². The van der Waals surface area contributed by atoms with Gasteiger partial charge in [-0.3, -0.25) is 4.79 Å². The Morgan fingerprint density at radius 2 is 2.36 bits per heavy atom. The minimum Gasteiger partial charge on any atom is -0.339 e. The molecule has 0 aliphatic carbocycles. The van der Waals surface area contributed by atoms with Gasteiger partial charge in [-0.15, -0.1) is 0 Å². The molecule has 0 radical (unpaired) electrons. The third-order valence-corrected chi connectivity index (χ3v) is 2.25. The van der Waals surface area contributed by atoms with Crippen LogP contribution in [0.2, 0.25) is 5.02 Å². The van der Waals surface area contributed by atoms with Crippen LogP contribution in [-0.2, 0) is 0 Å². The zero-order valence-corrected chi connectivity index (χ0v) is 8.43. The van der Waals surface area contributed by atoms with Crippen LogP contribution in [0, 0.1) is 18.3 Å². The van der Waals surface area contributed by atoms with E-state index in [0.29, 0.717) is 10.6 Å². The van der Waals surface area contributed by atoms with Crippen molar-refractivity contribution in [3.8, 4) is 6.07 Å². The molecule has 72 valence electrons. The maximum Gasteiger partial charge on any atom is 0.252 e. The van der Waals surface area contributed by atoms with Crippen LogP contribution < -0.4 is 5.32 Å². The molecule has 3 nitrogen and oxygen atoms in total. The molecule has 1 aromatic carbocycles. The largest absolute Gasteiger partial charge is 0.339 e. The molecule has 0 fully saturated rings. The summed E-state index contributed by atoms with van der Waals surface area (Å²) in [5.74, 6) is -0.272. The Labute approximate surface area is 87.3 Å². The van der Waals surface area contributed by atoms with Gasteiger partial charge in [0, 0.05) is 10.6 Å². The van der Waals surface area contributed by atoms with Gasteiger partial charge in [0.05, 0.1) is 6.07 Å². The zero-order chi connectivity index (χ0) is 10.6. The van der Waals surface area contributed by atoms with Crippen molar-refractivity contribution in [1.29, 1.82) is 5.26 Å². The van der Waals surface area contributed by atoms with Crippen LogP contribution in [0.4, 0.5) is 0 Å². The molecule has 0 aliphatic rings. The van der Waals surface area contributed by atoms with E-state index in [-0.39, 0.29) is 12.5 Å². The molecule has 14 heavy (non-hydrogen) atoms. The molecule has 0 spiro atoms. The summed E-state index contributed by atoms with van der Waals surface area (Å²) in [4.78, 5) is 11.5. The van der Waals surface area contributed by atoms with E-state index in [1.54, 1.807) is 25.1 Å². The Bertz CT molecular complexity index is 396. The van der Waals surface area contributed by atoms with Gasteiger partial charge in [-0.1, -0.05) is 17.7 Å². The van der Waals surface area contributed by atoms with Crippen LogP contribution in [0.5, 0.6) is 0 Å². The minimum atomic E-state index is -0.272. The molecule has 0 unspecified atom stereocenters. The van der Waals surface area contributed by atoms with Crippen LogP contribution in [0.1, 0.15) is 15.9 Å². The summed E-state index contributed by atoms with van der Waals surface area (Å²) in [6.07, 6.45) is 0. The normalized spacial score (nSPS) is 9.21. The zero-order valence-electron chi connectivity index (χ0n) is 7.67. The molecule has 0 saturated heterocycles. The molecule has 1 N–H and O–H groups in total. The fourth-order valence-electron chi connectivity index (χ4n) is 1.07. The molecule has 0 heterocycles. The third kappa shape index (κ3) is 2.24. The lowest BCUT2D eigenvalue weighted by molar-refractivity contribution is 0.0958. The monoisotopic (exact) mass is 208 g/mol. The number of carbonyl (C=O) groups excluding carboxylic acids is 1. The maximum absolute atomic E-state index is 11.5. The number of hydrogen-bond donors (Lipinski definition) is 1.